The van der Waals surface area contributed by atoms with Crippen LogP contribution in [0.3, 0.4) is 0 Å². The number of hydrogen-bond acceptors (Lipinski definition) is 6. The number of aryl methyl sites for hydroxylation is 1. The maximum Gasteiger partial charge on any atom is 0.269 e. The van der Waals surface area contributed by atoms with Gasteiger partial charge in [0.15, 0.2) is 5.50 Å². The van der Waals surface area contributed by atoms with Crippen LogP contribution in [0.2, 0.25) is 0 Å². The summed E-state index contributed by atoms with van der Waals surface area (Å²) < 4.78 is 5.99. The van der Waals surface area contributed by atoms with E-state index in [1.165, 1.54) is 29.5 Å². The molecule has 36 heavy (non-hydrogen) atoms. The Balaban J connectivity index is 1.43. The van der Waals surface area contributed by atoms with E-state index in [2.05, 4.69) is 36.3 Å². The Bertz CT molecular complexity index is 1290. The van der Waals surface area contributed by atoms with Crippen molar-refractivity contribution in [1.82, 2.24) is 5.32 Å². The number of carbonyl (C=O) groups is 1. The minimum absolute atomic E-state index is 0.0455. The Kier molecular flexibility index (Phi) is 8.07. The van der Waals surface area contributed by atoms with E-state index in [1.54, 1.807) is 18.2 Å². The summed E-state index contributed by atoms with van der Waals surface area (Å²) in [4.78, 5) is 23.6. The maximum atomic E-state index is 12.6. The van der Waals surface area contributed by atoms with Crippen molar-refractivity contribution in [2.45, 2.75) is 31.9 Å². The molecule has 3 aromatic rings. The lowest BCUT2D eigenvalue weighted by molar-refractivity contribution is -0.384. The minimum atomic E-state index is -0.426. The first kappa shape index (κ1) is 25.1. The lowest BCUT2D eigenvalue weighted by atomic mass is 10.1. The van der Waals surface area contributed by atoms with Gasteiger partial charge >= 0.3 is 0 Å². The average Bonchev–Trinajstić information content (AvgIpc) is 3.22. The van der Waals surface area contributed by atoms with E-state index in [0.717, 1.165) is 28.8 Å². The number of benzene rings is 3. The SMILES string of the molecule is C=CCc1cc(/C=C2\S[C@H](Nc3ccc(CC)cc3)NC2=O)ccc1OCc1ccc([N+](=O)[O-])cc1. The van der Waals surface area contributed by atoms with Gasteiger partial charge in [-0.25, -0.2) is 0 Å². The third-order valence-corrected chi connectivity index (χ3v) is 6.71. The number of nitrogens with one attached hydrogen (secondary N) is 2. The first-order valence-corrected chi connectivity index (χ1v) is 12.5. The van der Waals surface area contributed by atoms with Crippen LogP contribution in [0.15, 0.2) is 84.3 Å². The number of ether oxygens (including phenoxy) is 1. The normalized spacial score (nSPS) is 16.0. The average molecular weight is 502 g/mol. The van der Waals surface area contributed by atoms with Gasteiger partial charge in [-0.1, -0.05) is 43.0 Å². The van der Waals surface area contributed by atoms with Gasteiger partial charge in [0.2, 0.25) is 0 Å². The Morgan fingerprint density at radius 1 is 1.11 bits per heavy atom. The van der Waals surface area contributed by atoms with Crippen molar-refractivity contribution in [2.24, 2.45) is 0 Å². The van der Waals surface area contributed by atoms with Crippen LogP contribution in [0.5, 0.6) is 5.75 Å². The van der Waals surface area contributed by atoms with Crippen molar-refractivity contribution in [2.75, 3.05) is 5.32 Å². The third-order valence-electron chi connectivity index (χ3n) is 5.68. The Hall–Kier alpha value is -4.04. The zero-order chi connectivity index (χ0) is 25.5. The van der Waals surface area contributed by atoms with Crippen molar-refractivity contribution in [1.29, 1.82) is 0 Å². The molecule has 1 saturated heterocycles. The summed E-state index contributed by atoms with van der Waals surface area (Å²) in [6, 6.07) is 20.2. The molecular weight excluding hydrogens is 474 g/mol. The van der Waals surface area contributed by atoms with Crippen LogP contribution >= 0.6 is 11.8 Å². The summed E-state index contributed by atoms with van der Waals surface area (Å²) in [7, 11) is 0. The highest BCUT2D eigenvalue weighted by Crippen LogP contribution is 2.31. The summed E-state index contributed by atoms with van der Waals surface area (Å²) in [5.41, 5.74) is 4.68. The molecule has 1 heterocycles. The highest BCUT2D eigenvalue weighted by Gasteiger charge is 2.27. The van der Waals surface area contributed by atoms with Crippen molar-refractivity contribution < 1.29 is 14.5 Å². The van der Waals surface area contributed by atoms with Gasteiger partial charge < -0.3 is 15.4 Å². The van der Waals surface area contributed by atoms with Crippen LogP contribution in [-0.4, -0.2) is 16.3 Å². The van der Waals surface area contributed by atoms with E-state index in [1.807, 2.05) is 36.4 Å². The highest BCUT2D eigenvalue weighted by molar-refractivity contribution is 8.05. The molecule has 1 amide bonds. The monoisotopic (exact) mass is 501 g/mol. The molecule has 4 rings (SSSR count). The number of anilines is 1. The van der Waals surface area contributed by atoms with Crippen molar-refractivity contribution in [3.8, 4) is 5.75 Å². The number of rotatable bonds is 10. The molecule has 0 aliphatic carbocycles. The Morgan fingerprint density at radius 3 is 2.50 bits per heavy atom. The topological polar surface area (TPSA) is 93.5 Å². The molecule has 0 aromatic heterocycles. The number of thioether (sulfide) groups is 1. The summed E-state index contributed by atoms with van der Waals surface area (Å²) in [6.07, 6.45) is 5.25. The molecule has 1 aliphatic rings. The molecule has 3 aromatic carbocycles. The summed E-state index contributed by atoms with van der Waals surface area (Å²) >= 11 is 1.44. The van der Waals surface area contributed by atoms with Gasteiger partial charge in [-0.3, -0.25) is 14.9 Å². The maximum absolute atomic E-state index is 12.6. The van der Waals surface area contributed by atoms with Crippen LogP contribution in [0.1, 0.15) is 29.2 Å². The molecular formula is C28H27N3O4S. The van der Waals surface area contributed by atoms with Gasteiger partial charge in [0, 0.05) is 17.8 Å². The largest absolute Gasteiger partial charge is 0.489 e. The molecule has 0 unspecified atom stereocenters. The van der Waals surface area contributed by atoms with Gasteiger partial charge in [-0.15, -0.1) is 6.58 Å². The number of hydrogen-bond donors (Lipinski definition) is 2. The molecule has 0 spiro atoms. The van der Waals surface area contributed by atoms with E-state index < -0.39 is 4.92 Å². The molecule has 7 nitrogen and oxygen atoms in total. The van der Waals surface area contributed by atoms with Crippen molar-refractivity contribution in [3.05, 3.63) is 117 Å². The fraction of sp³-hybridized carbons (Fsp3) is 0.179. The number of allylic oxidation sites excluding steroid dienone is 1. The van der Waals surface area contributed by atoms with E-state index in [4.69, 9.17) is 4.74 Å². The van der Waals surface area contributed by atoms with E-state index in [0.29, 0.717) is 17.1 Å². The predicted octanol–water partition coefficient (Wildman–Crippen LogP) is 6.06. The van der Waals surface area contributed by atoms with Crippen LogP contribution < -0.4 is 15.4 Å². The molecule has 184 valence electrons. The van der Waals surface area contributed by atoms with Crippen LogP contribution in [-0.2, 0) is 24.2 Å². The second-order valence-electron chi connectivity index (χ2n) is 8.25. The second-order valence-corrected chi connectivity index (χ2v) is 9.39. The minimum Gasteiger partial charge on any atom is -0.489 e. The number of nitrogens with zero attached hydrogens (tertiary/aromatic N) is 1. The van der Waals surface area contributed by atoms with Crippen molar-refractivity contribution >= 4 is 35.1 Å². The fourth-order valence-electron chi connectivity index (χ4n) is 3.72. The van der Waals surface area contributed by atoms with Crippen LogP contribution in [0.4, 0.5) is 11.4 Å². The quantitative estimate of drug-likeness (QED) is 0.152. The zero-order valence-corrected chi connectivity index (χ0v) is 20.7. The summed E-state index contributed by atoms with van der Waals surface area (Å²) in [6.45, 7) is 6.24. The Labute approximate surface area is 214 Å². The van der Waals surface area contributed by atoms with Crippen molar-refractivity contribution in [3.63, 3.8) is 0 Å². The molecule has 1 fully saturated rings. The molecule has 2 N–H and O–H groups in total. The first-order valence-electron chi connectivity index (χ1n) is 11.6. The van der Waals surface area contributed by atoms with E-state index >= 15 is 0 Å². The molecule has 0 saturated carbocycles. The van der Waals surface area contributed by atoms with Crippen LogP contribution in [0, 0.1) is 10.1 Å². The molecule has 1 atom stereocenters. The van der Waals surface area contributed by atoms with E-state index in [-0.39, 0.29) is 23.7 Å². The number of carbonyl (C=O) groups excluding carboxylic acids is 1. The summed E-state index contributed by atoms with van der Waals surface area (Å²) in [5, 5.41) is 17.1. The highest BCUT2D eigenvalue weighted by atomic mass is 32.2. The number of nitro benzene ring substituents is 1. The van der Waals surface area contributed by atoms with Gasteiger partial charge in [0.05, 0.1) is 9.83 Å². The first-order chi connectivity index (χ1) is 17.4. The fourth-order valence-corrected chi connectivity index (χ4v) is 4.71. The molecule has 0 radical (unpaired) electrons. The smallest absolute Gasteiger partial charge is 0.269 e. The third kappa shape index (κ3) is 6.34. The van der Waals surface area contributed by atoms with Gasteiger partial charge in [-0.2, -0.15) is 0 Å². The van der Waals surface area contributed by atoms with E-state index in [9.17, 15) is 14.9 Å². The molecule has 0 bridgehead atoms. The zero-order valence-electron chi connectivity index (χ0n) is 19.9. The lowest BCUT2D eigenvalue weighted by Crippen LogP contribution is -2.30. The van der Waals surface area contributed by atoms with Gasteiger partial charge in [0.1, 0.15) is 12.4 Å². The Morgan fingerprint density at radius 2 is 1.83 bits per heavy atom. The lowest BCUT2D eigenvalue weighted by Gasteiger charge is -2.13. The van der Waals surface area contributed by atoms with Crippen LogP contribution in [0.25, 0.3) is 6.08 Å². The second kappa shape index (κ2) is 11.6. The number of nitro groups is 1. The summed E-state index contributed by atoms with van der Waals surface area (Å²) in [5.74, 6) is 0.584. The van der Waals surface area contributed by atoms with Gasteiger partial charge in [0.25, 0.3) is 11.6 Å². The molecule has 8 heteroatoms. The number of non-ortho nitro benzene ring substituents is 1. The number of amides is 1. The standard InChI is InChI=1S/C28H27N3O4S/c1-3-5-22-16-21(10-15-25(22)35-18-20-8-13-24(14-9-20)31(33)34)17-26-27(32)30-28(36-26)29-23-11-6-19(4-2)7-12-23/h3,6-17,28-29H,1,4-5,18H2,2H3,(H,30,32)/b26-17-/t28-/m1/s1. The van der Waals surface area contributed by atoms with Gasteiger partial charge in [-0.05, 0) is 77.6 Å². The molecule has 1 aliphatic heterocycles. The predicted molar refractivity (Wildman–Crippen MR) is 145 cm³/mol.